The maximum atomic E-state index is 13.0. The summed E-state index contributed by atoms with van der Waals surface area (Å²) in [5.74, 6) is 0.770. The lowest BCUT2D eigenvalue weighted by Gasteiger charge is -2.39. The summed E-state index contributed by atoms with van der Waals surface area (Å²) in [5.41, 5.74) is 1.62. The number of hydrogen-bond donors (Lipinski definition) is 1. The van der Waals surface area contributed by atoms with E-state index < -0.39 is 11.9 Å². The highest BCUT2D eigenvalue weighted by molar-refractivity contribution is 5.85. The van der Waals surface area contributed by atoms with Gasteiger partial charge >= 0.3 is 6.18 Å². The Hall–Kier alpha value is -1.79. The van der Waals surface area contributed by atoms with Crippen molar-refractivity contribution in [1.82, 2.24) is 9.88 Å². The second kappa shape index (κ2) is 11.1. The average molecular weight is 513 g/mol. The van der Waals surface area contributed by atoms with Gasteiger partial charge in [0, 0.05) is 41.5 Å². The predicted molar refractivity (Wildman–Crippen MR) is 139 cm³/mol. The van der Waals surface area contributed by atoms with Gasteiger partial charge in [-0.25, -0.2) is 0 Å². The van der Waals surface area contributed by atoms with Gasteiger partial charge in [-0.05, 0) is 62.6 Å². The Kier molecular flexibility index (Phi) is 9.32. The van der Waals surface area contributed by atoms with E-state index in [1.165, 1.54) is 44.4 Å². The Balaban J connectivity index is 0.00000432. The van der Waals surface area contributed by atoms with Crippen molar-refractivity contribution in [3.63, 3.8) is 0 Å². The number of pyridine rings is 1. The molecule has 0 radical (unpaired) electrons. The number of aromatic hydroxyl groups is 1. The Morgan fingerprint density at radius 3 is 2.09 bits per heavy atom. The second-order valence-electron chi connectivity index (χ2n) is 11.8. The first-order valence-corrected chi connectivity index (χ1v) is 12.3. The number of nitrogens with zero attached hydrogens (tertiary/aromatic N) is 2. The van der Waals surface area contributed by atoms with Gasteiger partial charge in [0.25, 0.3) is 0 Å². The van der Waals surface area contributed by atoms with E-state index in [4.69, 9.17) is 0 Å². The van der Waals surface area contributed by atoms with E-state index in [-0.39, 0.29) is 29.1 Å². The summed E-state index contributed by atoms with van der Waals surface area (Å²) in [6.07, 6.45) is 3.05. The second-order valence-corrected chi connectivity index (χ2v) is 11.8. The minimum absolute atomic E-state index is 0. The van der Waals surface area contributed by atoms with E-state index in [2.05, 4.69) is 57.5 Å². The number of halogens is 4. The van der Waals surface area contributed by atoms with Crippen molar-refractivity contribution in [2.24, 2.45) is 5.92 Å². The molecule has 2 aromatic rings. The molecule has 1 aliphatic carbocycles. The van der Waals surface area contributed by atoms with Crippen LogP contribution < -0.4 is 0 Å². The van der Waals surface area contributed by atoms with E-state index in [0.29, 0.717) is 23.6 Å². The number of phenolic OH excluding ortho intramolecular Hbond substituents is 1. The molecule has 0 unspecified atom stereocenters. The van der Waals surface area contributed by atoms with Crippen LogP contribution in [0, 0.1) is 5.92 Å². The summed E-state index contributed by atoms with van der Waals surface area (Å²) in [4.78, 5) is 6.05. The Morgan fingerprint density at radius 1 is 0.971 bits per heavy atom. The standard InChI is InChI=1S/C28H39F3N2O.ClH/c1-26(2,3)22-14-21(18-33(27(4,5)6)17-19-10-8-7-9-11-19)25(34)23(15-22)20-12-13-24(32-16-20)28(29,30)31;/h12-16,19,34H,7-11,17-18H2,1-6H3;1H. The Bertz CT molecular complexity index is 970. The van der Waals surface area contributed by atoms with E-state index in [1.807, 2.05) is 6.07 Å². The Labute approximate surface area is 214 Å². The van der Waals surface area contributed by atoms with Crippen LogP contribution in [-0.4, -0.2) is 27.1 Å². The van der Waals surface area contributed by atoms with Crippen molar-refractivity contribution >= 4 is 12.4 Å². The average Bonchev–Trinajstić information content (AvgIpc) is 2.73. The van der Waals surface area contributed by atoms with Crippen LogP contribution in [0.1, 0.15) is 90.5 Å². The van der Waals surface area contributed by atoms with Crippen LogP contribution in [0.2, 0.25) is 0 Å². The van der Waals surface area contributed by atoms with Crippen LogP contribution in [0.3, 0.4) is 0 Å². The molecule has 7 heteroatoms. The summed E-state index contributed by atoms with van der Waals surface area (Å²) in [5, 5.41) is 11.3. The zero-order valence-electron chi connectivity index (χ0n) is 21.8. The van der Waals surface area contributed by atoms with Gasteiger partial charge in [-0.2, -0.15) is 13.2 Å². The number of hydrogen-bond acceptors (Lipinski definition) is 3. The summed E-state index contributed by atoms with van der Waals surface area (Å²) in [6, 6.07) is 6.30. The van der Waals surface area contributed by atoms with Crippen LogP contribution in [0.25, 0.3) is 11.1 Å². The molecule has 0 bridgehead atoms. The monoisotopic (exact) mass is 512 g/mol. The number of rotatable bonds is 5. The van der Waals surface area contributed by atoms with Gasteiger partial charge < -0.3 is 5.11 Å². The molecule has 0 aliphatic heterocycles. The third-order valence-corrected chi connectivity index (χ3v) is 6.93. The molecule has 196 valence electrons. The number of alkyl halides is 3. The minimum atomic E-state index is -4.49. The molecule has 35 heavy (non-hydrogen) atoms. The number of aromatic nitrogens is 1. The molecule has 3 rings (SSSR count). The van der Waals surface area contributed by atoms with Crippen molar-refractivity contribution in [3.8, 4) is 16.9 Å². The smallest absolute Gasteiger partial charge is 0.433 e. The first kappa shape index (κ1) is 29.4. The lowest BCUT2D eigenvalue weighted by Crippen LogP contribution is -2.44. The van der Waals surface area contributed by atoms with Crippen molar-refractivity contribution in [2.75, 3.05) is 6.54 Å². The van der Waals surface area contributed by atoms with E-state index in [0.717, 1.165) is 23.7 Å². The molecule has 0 spiro atoms. The molecule has 1 aromatic carbocycles. The molecular weight excluding hydrogens is 473 g/mol. The summed E-state index contributed by atoms with van der Waals surface area (Å²) in [7, 11) is 0. The molecule has 0 amide bonds. The number of benzene rings is 1. The molecule has 1 saturated carbocycles. The fourth-order valence-electron chi connectivity index (χ4n) is 4.65. The normalized spacial score (nSPS) is 15.8. The third kappa shape index (κ3) is 7.60. The molecule has 1 heterocycles. The van der Waals surface area contributed by atoms with Crippen LogP contribution in [0.5, 0.6) is 5.75 Å². The van der Waals surface area contributed by atoms with Crippen LogP contribution in [0.15, 0.2) is 30.5 Å². The summed E-state index contributed by atoms with van der Waals surface area (Å²) >= 11 is 0. The first-order valence-electron chi connectivity index (χ1n) is 12.3. The lowest BCUT2D eigenvalue weighted by molar-refractivity contribution is -0.141. The SMILES string of the molecule is CC(C)(C)c1cc(CN(CC2CCCCC2)C(C)(C)C)c(O)c(-c2ccc(C(F)(F)F)nc2)c1.Cl. The molecule has 0 atom stereocenters. The van der Waals surface area contributed by atoms with Gasteiger partial charge in [0.05, 0.1) is 0 Å². The molecular formula is C28H40ClF3N2O. The molecule has 1 fully saturated rings. The highest BCUT2D eigenvalue weighted by Gasteiger charge is 2.32. The third-order valence-electron chi connectivity index (χ3n) is 6.93. The van der Waals surface area contributed by atoms with Crippen molar-refractivity contribution in [1.29, 1.82) is 0 Å². The van der Waals surface area contributed by atoms with Crippen LogP contribution >= 0.6 is 12.4 Å². The maximum absolute atomic E-state index is 13.0. The van der Waals surface area contributed by atoms with Gasteiger partial charge in [-0.15, -0.1) is 12.4 Å². The van der Waals surface area contributed by atoms with E-state index in [1.54, 1.807) is 0 Å². The van der Waals surface area contributed by atoms with Gasteiger partial charge in [0.15, 0.2) is 0 Å². The van der Waals surface area contributed by atoms with Gasteiger partial charge in [-0.3, -0.25) is 9.88 Å². The predicted octanol–water partition coefficient (Wildman–Crippen LogP) is 8.37. The maximum Gasteiger partial charge on any atom is 0.433 e. The first-order chi connectivity index (χ1) is 15.7. The van der Waals surface area contributed by atoms with Crippen LogP contribution in [0.4, 0.5) is 13.2 Å². The zero-order valence-corrected chi connectivity index (χ0v) is 22.6. The fraction of sp³-hybridized carbons (Fsp3) is 0.607. The summed E-state index contributed by atoms with van der Waals surface area (Å²) < 4.78 is 39.0. The van der Waals surface area contributed by atoms with Gasteiger partial charge in [-0.1, -0.05) is 52.2 Å². The lowest BCUT2D eigenvalue weighted by atomic mass is 9.83. The highest BCUT2D eigenvalue weighted by Crippen LogP contribution is 2.39. The zero-order chi connectivity index (χ0) is 25.3. The fourth-order valence-corrected chi connectivity index (χ4v) is 4.65. The van der Waals surface area contributed by atoms with Crippen molar-refractivity contribution < 1.29 is 18.3 Å². The Morgan fingerprint density at radius 2 is 1.60 bits per heavy atom. The molecule has 1 aliphatic rings. The minimum Gasteiger partial charge on any atom is -0.507 e. The highest BCUT2D eigenvalue weighted by atomic mass is 35.5. The summed E-state index contributed by atoms with van der Waals surface area (Å²) in [6.45, 7) is 14.4. The molecule has 1 aromatic heterocycles. The van der Waals surface area contributed by atoms with E-state index >= 15 is 0 Å². The molecule has 0 saturated heterocycles. The topological polar surface area (TPSA) is 36.4 Å². The molecule has 1 N–H and O–H groups in total. The molecule has 3 nitrogen and oxygen atoms in total. The van der Waals surface area contributed by atoms with Crippen molar-refractivity contribution in [2.45, 2.75) is 97.3 Å². The largest absolute Gasteiger partial charge is 0.507 e. The van der Waals surface area contributed by atoms with Gasteiger partial charge in [0.2, 0.25) is 0 Å². The van der Waals surface area contributed by atoms with E-state index in [9.17, 15) is 18.3 Å². The van der Waals surface area contributed by atoms with Gasteiger partial charge in [0.1, 0.15) is 11.4 Å². The van der Waals surface area contributed by atoms with Crippen LogP contribution in [-0.2, 0) is 18.1 Å². The quantitative estimate of drug-likeness (QED) is 0.437. The number of phenols is 1. The van der Waals surface area contributed by atoms with Crippen molar-refractivity contribution in [3.05, 3.63) is 47.3 Å².